The molecule has 1 aliphatic rings. The van der Waals surface area contributed by atoms with Crippen molar-refractivity contribution in [1.82, 2.24) is 20.1 Å². The van der Waals surface area contributed by atoms with Crippen molar-refractivity contribution in [2.45, 2.75) is 38.4 Å². The zero-order valence-corrected chi connectivity index (χ0v) is 19.6. The normalized spacial score (nSPS) is 12.6. The van der Waals surface area contributed by atoms with Crippen LogP contribution in [0.15, 0.2) is 42.7 Å². The number of nitrogens with zero attached hydrogens (tertiary/aromatic N) is 3. The zero-order chi connectivity index (χ0) is 25.7. The minimum Gasteiger partial charge on any atom is -0.497 e. The first-order chi connectivity index (χ1) is 17.3. The standard InChI is InChI=1S/C25H25F3N4O4/c1-35-18-6-3-16(4-7-18)9-12-29-11-2-14-32-22(23(33)36-24(34)25(26,27)28)20-8-5-17-15-30-13-10-19(17)21(20)31-32/h3-4,6-7,10,13,15,29H,2,5,8-9,11-12,14H2,1H3. The summed E-state index contributed by atoms with van der Waals surface area (Å²) in [5.74, 6) is -3.11. The van der Waals surface area contributed by atoms with E-state index in [1.165, 1.54) is 4.68 Å². The molecule has 0 radical (unpaired) electrons. The highest BCUT2D eigenvalue weighted by Crippen LogP contribution is 2.34. The molecule has 0 unspecified atom stereocenters. The Hall–Kier alpha value is -3.73. The molecular formula is C25H25F3N4O4. The molecular weight excluding hydrogens is 477 g/mol. The highest BCUT2D eigenvalue weighted by Gasteiger charge is 2.43. The van der Waals surface area contributed by atoms with Crippen LogP contribution in [-0.2, 0) is 35.3 Å². The number of carbonyl (C=O) groups is 2. The van der Waals surface area contributed by atoms with Crippen molar-refractivity contribution in [1.29, 1.82) is 0 Å². The first-order valence-corrected chi connectivity index (χ1v) is 11.5. The van der Waals surface area contributed by atoms with Crippen LogP contribution in [0.4, 0.5) is 13.2 Å². The molecule has 0 saturated heterocycles. The fraction of sp³-hybridized carbons (Fsp3) is 0.360. The van der Waals surface area contributed by atoms with Crippen molar-refractivity contribution in [3.8, 4) is 17.0 Å². The Balaban J connectivity index is 1.43. The zero-order valence-electron chi connectivity index (χ0n) is 19.6. The molecule has 3 aromatic rings. The Morgan fingerprint density at radius 2 is 1.89 bits per heavy atom. The molecule has 36 heavy (non-hydrogen) atoms. The lowest BCUT2D eigenvalue weighted by atomic mass is 9.90. The quantitative estimate of drug-likeness (QED) is 0.272. The predicted octanol–water partition coefficient (Wildman–Crippen LogP) is 3.52. The lowest BCUT2D eigenvalue weighted by Crippen LogP contribution is -2.29. The number of aromatic nitrogens is 3. The fourth-order valence-corrected chi connectivity index (χ4v) is 4.15. The summed E-state index contributed by atoms with van der Waals surface area (Å²) >= 11 is 0. The molecule has 2 aromatic heterocycles. The van der Waals surface area contributed by atoms with E-state index in [0.717, 1.165) is 35.4 Å². The highest BCUT2D eigenvalue weighted by atomic mass is 19.4. The van der Waals surface area contributed by atoms with Crippen LogP contribution in [0.2, 0.25) is 0 Å². The van der Waals surface area contributed by atoms with Gasteiger partial charge in [-0.2, -0.15) is 18.3 Å². The van der Waals surface area contributed by atoms with Crippen molar-refractivity contribution in [2.75, 3.05) is 20.2 Å². The van der Waals surface area contributed by atoms with Gasteiger partial charge < -0.3 is 14.8 Å². The van der Waals surface area contributed by atoms with Crippen LogP contribution in [0.3, 0.4) is 0 Å². The third kappa shape index (κ3) is 5.73. The number of nitrogens with one attached hydrogen (secondary N) is 1. The molecule has 1 N–H and O–H groups in total. The second kappa shape index (κ2) is 10.9. The third-order valence-corrected chi connectivity index (χ3v) is 5.94. The minimum atomic E-state index is -5.27. The SMILES string of the molecule is COc1ccc(CCNCCCn2nc3c(c2C(=O)OC(=O)C(F)(F)F)CCc2cnccc2-3)cc1. The Labute approximate surface area is 205 Å². The molecule has 0 spiro atoms. The number of esters is 2. The van der Waals surface area contributed by atoms with E-state index in [-0.39, 0.29) is 12.2 Å². The van der Waals surface area contributed by atoms with Crippen LogP contribution in [0.5, 0.6) is 5.75 Å². The summed E-state index contributed by atoms with van der Waals surface area (Å²) in [5, 5.41) is 7.83. The number of rotatable bonds is 9. The van der Waals surface area contributed by atoms with E-state index in [1.807, 2.05) is 24.3 Å². The maximum absolute atomic E-state index is 12.7. The minimum absolute atomic E-state index is 0.122. The van der Waals surface area contributed by atoms with Crippen LogP contribution in [-0.4, -0.2) is 53.1 Å². The van der Waals surface area contributed by atoms with E-state index >= 15 is 0 Å². The Bertz CT molecular complexity index is 1240. The fourth-order valence-electron chi connectivity index (χ4n) is 4.15. The Morgan fingerprint density at radius 1 is 1.11 bits per heavy atom. The summed E-state index contributed by atoms with van der Waals surface area (Å²) in [7, 11) is 1.61. The number of pyridine rings is 1. The maximum Gasteiger partial charge on any atom is 0.491 e. The number of fused-ring (bicyclic) bond motifs is 3. The van der Waals surface area contributed by atoms with Crippen LogP contribution >= 0.6 is 0 Å². The summed E-state index contributed by atoms with van der Waals surface area (Å²) < 4.78 is 48.8. The van der Waals surface area contributed by atoms with Crippen molar-refractivity contribution < 1.29 is 32.2 Å². The number of hydrogen-bond donors (Lipinski definition) is 1. The van der Waals surface area contributed by atoms with Gasteiger partial charge in [0.15, 0.2) is 5.69 Å². The van der Waals surface area contributed by atoms with E-state index in [2.05, 4.69) is 20.1 Å². The van der Waals surface area contributed by atoms with Gasteiger partial charge in [-0.05, 0) is 68.1 Å². The molecule has 1 aromatic carbocycles. The van der Waals surface area contributed by atoms with E-state index < -0.39 is 18.1 Å². The monoisotopic (exact) mass is 502 g/mol. The molecule has 0 amide bonds. The van der Waals surface area contributed by atoms with Crippen molar-refractivity contribution >= 4 is 11.9 Å². The third-order valence-electron chi connectivity index (χ3n) is 5.94. The number of carbonyl (C=O) groups excluding carboxylic acids is 2. The summed E-state index contributed by atoms with van der Waals surface area (Å²) in [6, 6.07) is 9.52. The van der Waals surface area contributed by atoms with Gasteiger partial charge in [-0.1, -0.05) is 12.1 Å². The van der Waals surface area contributed by atoms with Crippen molar-refractivity contribution in [3.05, 3.63) is 65.1 Å². The van der Waals surface area contributed by atoms with Gasteiger partial charge in [0, 0.05) is 30.1 Å². The van der Waals surface area contributed by atoms with Crippen LogP contribution in [0.25, 0.3) is 11.3 Å². The lowest BCUT2D eigenvalue weighted by molar-refractivity contribution is -0.193. The molecule has 4 rings (SSSR count). The van der Waals surface area contributed by atoms with E-state index in [9.17, 15) is 22.8 Å². The molecule has 0 saturated carbocycles. The van der Waals surface area contributed by atoms with Crippen LogP contribution in [0, 0.1) is 0 Å². The van der Waals surface area contributed by atoms with Gasteiger partial charge in [-0.15, -0.1) is 0 Å². The Kier molecular flexibility index (Phi) is 7.68. The van der Waals surface area contributed by atoms with Gasteiger partial charge in [-0.25, -0.2) is 9.59 Å². The van der Waals surface area contributed by atoms with Gasteiger partial charge in [0.2, 0.25) is 0 Å². The molecule has 11 heteroatoms. The smallest absolute Gasteiger partial charge is 0.491 e. The summed E-state index contributed by atoms with van der Waals surface area (Å²) in [6.45, 7) is 1.57. The summed E-state index contributed by atoms with van der Waals surface area (Å²) in [6.07, 6.45) is 0.301. The van der Waals surface area contributed by atoms with Gasteiger partial charge in [-0.3, -0.25) is 9.67 Å². The molecule has 0 fully saturated rings. The average Bonchev–Trinajstić information content (AvgIpc) is 3.25. The lowest BCUT2D eigenvalue weighted by Gasteiger charge is -2.15. The van der Waals surface area contributed by atoms with Crippen molar-refractivity contribution in [2.24, 2.45) is 0 Å². The van der Waals surface area contributed by atoms with Crippen LogP contribution in [0.1, 0.15) is 33.6 Å². The second-order valence-corrected chi connectivity index (χ2v) is 8.31. The van der Waals surface area contributed by atoms with E-state index in [1.54, 1.807) is 25.6 Å². The molecule has 8 nitrogen and oxygen atoms in total. The molecule has 190 valence electrons. The Morgan fingerprint density at radius 3 is 2.61 bits per heavy atom. The van der Waals surface area contributed by atoms with Gasteiger partial charge >= 0.3 is 18.1 Å². The van der Waals surface area contributed by atoms with E-state index in [0.29, 0.717) is 37.1 Å². The van der Waals surface area contributed by atoms with Gasteiger partial charge in [0.25, 0.3) is 0 Å². The largest absolute Gasteiger partial charge is 0.497 e. The number of halogens is 3. The topological polar surface area (TPSA) is 95.3 Å². The average molecular weight is 502 g/mol. The second-order valence-electron chi connectivity index (χ2n) is 8.31. The summed E-state index contributed by atoms with van der Waals surface area (Å²) in [5.41, 5.74) is 3.69. The summed E-state index contributed by atoms with van der Waals surface area (Å²) in [4.78, 5) is 28.1. The highest BCUT2D eigenvalue weighted by molar-refractivity contribution is 5.99. The molecule has 1 aliphatic carbocycles. The van der Waals surface area contributed by atoms with Gasteiger partial charge in [0.05, 0.1) is 12.8 Å². The molecule has 0 atom stereocenters. The maximum atomic E-state index is 12.7. The predicted molar refractivity (Wildman–Crippen MR) is 124 cm³/mol. The number of aryl methyl sites for hydroxylation is 2. The number of methoxy groups -OCH3 is 1. The number of alkyl halides is 3. The number of ether oxygens (including phenoxy) is 2. The molecule has 0 aliphatic heterocycles. The van der Waals surface area contributed by atoms with Crippen molar-refractivity contribution in [3.63, 3.8) is 0 Å². The number of hydrogen-bond acceptors (Lipinski definition) is 7. The molecule has 2 heterocycles. The first kappa shape index (κ1) is 25.4. The molecule has 0 bridgehead atoms. The number of benzene rings is 1. The van der Waals surface area contributed by atoms with Gasteiger partial charge in [0.1, 0.15) is 5.75 Å². The first-order valence-electron chi connectivity index (χ1n) is 11.5. The van der Waals surface area contributed by atoms with Crippen LogP contribution < -0.4 is 10.1 Å². The van der Waals surface area contributed by atoms with E-state index in [4.69, 9.17) is 4.74 Å².